The van der Waals surface area contributed by atoms with Crippen molar-refractivity contribution < 1.29 is 47.7 Å². The molecule has 2 heterocycles. The van der Waals surface area contributed by atoms with Crippen LogP contribution in [0.5, 0.6) is 0 Å². The van der Waals surface area contributed by atoms with Crippen molar-refractivity contribution >= 4 is 35.9 Å². The van der Waals surface area contributed by atoms with Crippen LogP contribution in [-0.2, 0) is 38.1 Å². The lowest BCUT2D eigenvalue weighted by Gasteiger charge is -2.35. The van der Waals surface area contributed by atoms with Gasteiger partial charge in [-0.2, -0.15) is 0 Å². The summed E-state index contributed by atoms with van der Waals surface area (Å²) in [6.07, 6.45) is 7.54. The highest BCUT2D eigenvalue weighted by molar-refractivity contribution is 6.04. The number of methoxy groups -OCH3 is 1. The predicted octanol–water partition coefficient (Wildman–Crippen LogP) is 3.77. The second-order valence-electron chi connectivity index (χ2n) is 13.4. The van der Waals surface area contributed by atoms with E-state index >= 15 is 0 Å². The lowest BCUT2D eigenvalue weighted by atomic mass is 10.0. The van der Waals surface area contributed by atoms with Crippen molar-refractivity contribution in [3.8, 4) is 0 Å². The van der Waals surface area contributed by atoms with Gasteiger partial charge < -0.3 is 29.2 Å². The third-order valence-electron chi connectivity index (χ3n) is 8.78. The van der Waals surface area contributed by atoms with Crippen LogP contribution in [0.2, 0.25) is 0 Å². The molecule has 0 aromatic heterocycles. The number of ether oxygens (including phenoxy) is 4. The molecule has 4 aliphatic rings. The number of carbonyl (C=O) groups excluding carboxylic acids is 6. The molecule has 2 aliphatic heterocycles. The van der Waals surface area contributed by atoms with Gasteiger partial charge in [-0.3, -0.25) is 14.4 Å². The molecule has 2 saturated carbocycles. The number of amides is 4. The van der Waals surface area contributed by atoms with Gasteiger partial charge in [0, 0.05) is 19.3 Å². The maximum atomic E-state index is 14.5. The van der Waals surface area contributed by atoms with Crippen molar-refractivity contribution in [1.29, 1.82) is 0 Å². The topological polar surface area (TPSA) is 158 Å². The van der Waals surface area contributed by atoms with E-state index in [-0.39, 0.29) is 25.5 Å². The fourth-order valence-electron chi connectivity index (χ4n) is 6.60. The molecular weight excluding hydrogens is 586 g/mol. The van der Waals surface area contributed by atoms with Crippen molar-refractivity contribution in [3.63, 3.8) is 0 Å². The van der Waals surface area contributed by atoms with Crippen LogP contribution in [0.4, 0.5) is 9.59 Å². The lowest BCUT2D eigenvalue weighted by molar-refractivity contribution is -0.157. The number of carbonyl (C=O) groups is 6. The van der Waals surface area contributed by atoms with Crippen molar-refractivity contribution in [1.82, 2.24) is 15.1 Å². The summed E-state index contributed by atoms with van der Waals surface area (Å²) in [5.41, 5.74) is -2.67. The number of alkyl carbamates (subject to hydrolysis) is 1. The summed E-state index contributed by atoms with van der Waals surface area (Å²) >= 11 is 0. The molecule has 4 rings (SSSR count). The van der Waals surface area contributed by atoms with Gasteiger partial charge in [0.15, 0.2) is 5.54 Å². The molecule has 5 atom stereocenters. The number of nitrogens with zero attached hydrogens (tertiary/aromatic N) is 2. The van der Waals surface area contributed by atoms with E-state index in [2.05, 4.69) is 5.32 Å². The number of esters is 2. The highest BCUT2D eigenvalue weighted by Crippen LogP contribution is 2.52. The first kappa shape index (κ1) is 34.2. The molecule has 1 N–H and O–H groups in total. The smallest absolute Gasteiger partial charge is 0.418 e. The van der Waals surface area contributed by atoms with E-state index < -0.39 is 71.2 Å². The molecule has 13 heteroatoms. The summed E-state index contributed by atoms with van der Waals surface area (Å²) in [6, 6.07) is -2.31. The monoisotopic (exact) mass is 633 g/mol. The van der Waals surface area contributed by atoms with Crippen molar-refractivity contribution in [2.24, 2.45) is 5.92 Å². The van der Waals surface area contributed by atoms with Crippen LogP contribution in [0, 0.1) is 5.92 Å². The molecule has 4 amide bonds. The summed E-state index contributed by atoms with van der Waals surface area (Å²) in [5.74, 6) is -3.30. The molecule has 0 spiro atoms. The van der Waals surface area contributed by atoms with E-state index in [9.17, 15) is 28.8 Å². The van der Waals surface area contributed by atoms with E-state index in [4.69, 9.17) is 18.9 Å². The van der Waals surface area contributed by atoms with Crippen LogP contribution in [0.25, 0.3) is 0 Å². The minimum absolute atomic E-state index is 0.111. The van der Waals surface area contributed by atoms with Gasteiger partial charge in [-0.15, -0.1) is 0 Å². The van der Waals surface area contributed by atoms with E-state index in [1.165, 1.54) is 18.9 Å². The Labute approximate surface area is 264 Å². The van der Waals surface area contributed by atoms with Crippen LogP contribution < -0.4 is 5.32 Å². The number of hydrogen-bond donors (Lipinski definition) is 1. The molecule has 250 valence electrons. The van der Waals surface area contributed by atoms with Crippen LogP contribution in [-0.4, -0.2) is 94.8 Å². The summed E-state index contributed by atoms with van der Waals surface area (Å²) in [7, 11) is 1.19. The number of imide groups is 1. The predicted molar refractivity (Wildman–Crippen MR) is 159 cm³/mol. The Kier molecular flexibility index (Phi) is 10.8. The van der Waals surface area contributed by atoms with Crippen LogP contribution in [0.15, 0.2) is 12.2 Å². The molecule has 13 nitrogen and oxygen atoms in total. The second kappa shape index (κ2) is 14.2. The average Bonchev–Trinajstić information content (AvgIpc) is 3.24. The number of rotatable bonds is 4. The van der Waals surface area contributed by atoms with Crippen LogP contribution in [0.3, 0.4) is 0 Å². The summed E-state index contributed by atoms with van der Waals surface area (Å²) in [6.45, 7) is 6.01. The van der Waals surface area contributed by atoms with Crippen molar-refractivity contribution in [2.75, 3.05) is 13.7 Å². The van der Waals surface area contributed by atoms with Crippen molar-refractivity contribution in [2.45, 2.75) is 134 Å². The second-order valence-corrected chi connectivity index (χ2v) is 13.4. The highest BCUT2D eigenvalue weighted by Gasteiger charge is 2.69. The first-order chi connectivity index (χ1) is 21.3. The molecule has 45 heavy (non-hydrogen) atoms. The van der Waals surface area contributed by atoms with Gasteiger partial charge >= 0.3 is 24.1 Å². The van der Waals surface area contributed by atoms with Gasteiger partial charge in [-0.05, 0) is 72.1 Å². The number of nitrogens with one attached hydrogen (secondary N) is 1. The maximum absolute atomic E-state index is 14.5. The summed E-state index contributed by atoms with van der Waals surface area (Å²) < 4.78 is 21.7. The Hall–Kier alpha value is -3.64. The summed E-state index contributed by atoms with van der Waals surface area (Å²) in [5, 5.41) is 2.72. The van der Waals surface area contributed by atoms with E-state index in [1.54, 1.807) is 20.8 Å². The molecule has 1 saturated heterocycles. The first-order valence-corrected chi connectivity index (χ1v) is 16.0. The zero-order valence-corrected chi connectivity index (χ0v) is 27.0. The molecule has 0 aromatic carbocycles. The van der Waals surface area contributed by atoms with Crippen molar-refractivity contribution in [3.05, 3.63) is 12.2 Å². The fourth-order valence-corrected chi connectivity index (χ4v) is 6.60. The Morgan fingerprint density at radius 3 is 2.27 bits per heavy atom. The zero-order chi connectivity index (χ0) is 32.9. The van der Waals surface area contributed by atoms with E-state index in [1.807, 2.05) is 12.2 Å². The zero-order valence-electron chi connectivity index (χ0n) is 27.0. The molecule has 0 aromatic rings. The molecule has 0 radical (unpaired) electrons. The number of hydrogen-bond acceptors (Lipinski definition) is 10. The van der Waals surface area contributed by atoms with Gasteiger partial charge in [0.05, 0.1) is 13.7 Å². The number of allylic oxidation sites excluding steroid dienone is 1. The third kappa shape index (κ3) is 8.15. The Bertz CT molecular complexity index is 1190. The van der Waals surface area contributed by atoms with Gasteiger partial charge in [0.25, 0.3) is 5.91 Å². The average molecular weight is 634 g/mol. The first-order valence-electron chi connectivity index (χ1n) is 16.0. The minimum Gasteiger partial charge on any atom is -0.467 e. The number of fused-ring (bicyclic) bond motifs is 2. The highest BCUT2D eigenvalue weighted by atomic mass is 16.6. The SMILES string of the molecule is COC(=O)[C@@]12C[C@H]1C=CCCCCC[C@H](NC(=O)OC1CCCC1)C(=O)N1C[C@H](OC(C)=O)C[C@H]1C(=O)N2C(=O)OC(C)(C)C. The molecule has 0 unspecified atom stereocenters. The van der Waals surface area contributed by atoms with Gasteiger partial charge in [-0.25, -0.2) is 19.3 Å². The lowest BCUT2D eigenvalue weighted by Crippen LogP contribution is -2.60. The Morgan fingerprint density at radius 2 is 1.62 bits per heavy atom. The van der Waals surface area contributed by atoms with Gasteiger partial charge in [0.2, 0.25) is 5.91 Å². The van der Waals surface area contributed by atoms with Crippen LogP contribution >= 0.6 is 0 Å². The van der Waals surface area contributed by atoms with E-state index in [0.717, 1.165) is 43.4 Å². The summed E-state index contributed by atoms with van der Waals surface area (Å²) in [4.78, 5) is 82.7. The van der Waals surface area contributed by atoms with Gasteiger partial charge in [0.1, 0.15) is 29.9 Å². The van der Waals surface area contributed by atoms with Gasteiger partial charge in [-0.1, -0.05) is 25.0 Å². The normalized spacial score (nSPS) is 29.5. The van der Waals surface area contributed by atoms with Crippen LogP contribution in [0.1, 0.15) is 98.3 Å². The third-order valence-corrected chi connectivity index (χ3v) is 8.78. The standard InChI is InChI=1S/C32H47N3O10/c1-20(36)43-23-17-25-27(38)35(30(41)45-31(2,3)4)32(28(39)42-5)18-21(32)13-9-7-6-8-10-16-24(26(37)34(25)19-23)33-29(40)44-22-14-11-12-15-22/h9,13,21-25H,6-8,10-12,14-19H2,1-5H3,(H,33,40)/t21-,23-,24+,25+,32-/m1/s1. The Morgan fingerprint density at radius 1 is 0.933 bits per heavy atom. The quantitative estimate of drug-likeness (QED) is 0.274. The Balaban J connectivity index is 1.73. The maximum Gasteiger partial charge on any atom is 0.418 e. The molecular formula is C32H47N3O10. The fraction of sp³-hybridized carbons (Fsp3) is 0.750. The molecule has 3 fully saturated rings. The minimum atomic E-state index is -1.66. The molecule has 2 aliphatic carbocycles. The molecule has 0 bridgehead atoms. The largest absolute Gasteiger partial charge is 0.467 e. The van der Waals surface area contributed by atoms with E-state index in [0.29, 0.717) is 19.3 Å².